The third-order valence-electron chi connectivity index (χ3n) is 5.11. The van der Waals surface area contributed by atoms with Gasteiger partial charge < -0.3 is 15.2 Å². The molecule has 2 aromatic heterocycles. The molecule has 0 atom stereocenters. The van der Waals surface area contributed by atoms with E-state index in [1.807, 2.05) is 40.8 Å². The molecular weight excluding hydrogens is 378 g/mol. The molecule has 1 aliphatic heterocycles. The molecule has 10 heteroatoms. The highest BCUT2D eigenvalue weighted by Crippen LogP contribution is 2.27. The Balaban J connectivity index is 1.64. The summed E-state index contributed by atoms with van der Waals surface area (Å²) in [6.45, 7) is 3.64. The van der Waals surface area contributed by atoms with Crippen LogP contribution in [0.25, 0.3) is 22.6 Å². The van der Waals surface area contributed by atoms with Crippen LogP contribution < -0.4 is 10.6 Å². The molecule has 0 radical (unpaired) electrons. The van der Waals surface area contributed by atoms with Crippen molar-refractivity contribution >= 4 is 32.7 Å². The average molecular weight is 401 g/mol. The monoisotopic (exact) mass is 401 g/mol. The lowest BCUT2D eigenvalue weighted by molar-refractivity contribution is 0.384. The van der Waals surface area contributed by atoms with Crippen LogP contribution in [0.3, 0.4) is 0 Å². The quantitative estimate of drug-likeness (QED) is 0.696. The van der Waals surface area contributed by atoms with Crippen molar-refractivity contribution in [1.82, 2.24) is 23.8 Å². The first kappa shape index (κ1) is 18.6. The summed E-state index contributed by atoms with van der Waals surface area (Å²) >= 11 is 0. The summed E-state index contributed by atoms with van der Waals surface area (Å²) in [5.41, 5.74) is 8.49. The number of fused-ring (bicyclic) bond motifs is 1. The number of sulfonamides is 1. The van der Waals surface area contributed by atoms with E-state index in [0.29, 0.717) is 49.3 Å². The van der Waals surface area contributed by atoms with Gasteiger partial charge >= 0.3 is 0 Å². The smallest absolute Gasteiger partial charge is 0.213 e. The van der Waals surface area contributed by atoms with Crippen molar-refractivity contribution in [2.24, 2.45) is 7.05 Å². The lowest BCUT2D eigenvalue weighted by atomic mass is 10.3. The number of hydrogen-bond donors (Lipinski definition) is 1. The fraction of sp³-hybridized carbons (Fsp3) is 0.389. The summed E-state index contributed by atoms with van der Waals surface area (Å²) < 4.78 is 27.6. The summed E-state index contributed by atoms with van der Waals surface area (Å²) in [7, 11) is -1.24. The van der Waals surface area contributed by atoms with Crippen LogP contribution in [0.15, 0.2) is 30.5 Å². The highest BCUT2D eigenvalue weighted by atomic mass is 32.2. The van der Waals surface area contributed by atoms with Crippen LogP contribution in [0.4, 0.5) is 11.6 Å². The van der Waals surface area contributed by atoms with Gasteiger partial charge in [-0.15, -0.1) is 0 Å². The second-order valence-corrected chi connectivity index (χ2v) is 8.99. The SMILES string of the molecule is CCS(=O)(=O)N1CCN(c2cnc(N)c(-c3nc4ccccc4n3C)n2)CC1. The van der Waals surface area contributed by atoms with Crippen molar-refractivity contribution in [3.05, 3.63) is 30.5 Å². The molecule has 0 amide bonds. The lowest BCUT2D eigenvalue weighted by Crippen LogP contribution is -2.49. The molecule has 3 heterocycles. The number of nitrogens with two attached hydrogens (primary N) is 1. The number of para-hydroxylation sites is 2. The minimum atomic E-state index is -3.17. The maximum atomic E-state index is 12.1. The van der Waals surface area contributed by atoms with E-state index in [1.54, 1.807) is 13.1 Å². The van der Waals surface area contributed by atoms with E-state index in [2.05, 4.69) is 9.97 Å². The predicted molar refractivity (Wildman–Crippen MR) is 109 cm³/mol. The topological polar surface area (TPSA) is 110 Å². The third kappa shape index (κ3) is 3.18. The van der Waals surface area contributed by atoms with Gasteiger partial charge in [0.15, 0.2) is 17.3 Å². The molecule has 1 aromatic carbocycles. The summed E-state index contributed by atoms with van der Waals surface area (Å²) in [4.78, 5) is 15.7. The summed E-state index contributed by atoms with van der Waals surface area (Å²) in [6.07, 6.45) is 1.63. The van der Waals surface area contributed by atoms with E-state index in [0.717, 1.165) is 11.0 Å². The fourth-order valence-electron chi connectivity index (χ4n) is 3.44. The molecule has 0 spiro atoms. The number of imidazole rings is 1. The molecule has 9 nitrogen and oxygen atoms in total. The van der Waals surface area contributed by atoms with E-state index < -0.39 is 10.0 Å². The van der Waals surface area contributed by atoms with Gasteiger partial charge in [-0.3, -0.25) is 0 Å². The van der Waals surface area contributed by atoms with Gasteiger partial charge in [-0.1, -0.05) is 12.1 Å². The molecule has 28 heavy (non-hydrogen) atoms. The molecule has 148 valence electrons. The predicted octanol–water partition coefficient (Wildman–Crippen LogP) is 1.08. The molecule has 3 aromatic rings. The van der Waals surface area contributed by atoms with Crippen LogP contribution in [-0.4, -0.2) is 64.2 Å². The summed E-state index contributed by atoms with van der Waals surface area (Å²) in [5, 5.41) is 0. The van der Waals surface area contributed by atoms with Crippen molar-refractivity contribution in [1.29, 1.82) is 0 Å². The zero-order valence-electron chi connectivity index (χ0n) is 15.9. The zero-order valence-corrected chi connectivity index (χ0v) is 16.7. The van der Waals surface area contributed by atoms with Crippen molar-refractivity contribution in [2.75, 3.05) is 42.6 Å². The molecular formula is C18H23N7O2S. The average Bonchev–Trinajstić information content (AvgIpc) is 3.05. The van der Waals surface area contributed by atoms with Gasteiger partial charge in [0.25, 0.3) is 0 Å². The minimum absolute atomic E-state index is 0.117. The normalized spacial score (nSPS) is 16.0. The highest BCUT2D eigenvalue weighted by molar-refractivity contribution is 7.89. The number of hydrogen-bond acceptors (Lipinski definition) is 7. The van der Waals surface area contributed by atoms with Gasteiger partial charge in [-0.25, -0.2) is 23.4 Å². The minimum Gasteiger partial charge on any atom is -0.382 e. The first-order valence-corrected chi connectivity index (χ1v) is 10.8. The number of nitrogen functional groups attached to an aromatic ring is 1. The number of anilines is 2. The fourth-order valence-corrected chi connectivity index (χ4v) is 4.53. The molecule has 0 bridgehead atoms. The van der Waals surface area contributed by atoms with Gasteiger partial charge in [0, 0.05) is 33.2 Å². The maximum Gasteiger partial charge on any atom is 0.213 e. The molecule has 1 aliphatic rings. The van der Waals surface area contributed by atoms with Gasteiger partial charge in [-0.05, 0) is 19.1 Å². The van der Waals surface area contributed by atoms with Crippen LogP contribution in [0, 0.1) is 0 Å². The Morgan fingerprint density at radius 2 is 1.82 bits per heavy atom. The van der Waals surface area contributed by atoms with Gasteiger partial charge in [0.2, 0.25) is 10.0 Å². The van der Waals surface area contributed by atoms with Gasteiger partial charge in [0.1, 0.15) is 5.82 Å². The second kappa shape index (κ2) is 7.02. The van der Waals surface area contributed by atoms with Crippen LogP contribution in [-0.2, 0) is 17.1 Å². The molecule has 0 saturated carbocycles. The number of rotatable bonds is 4. The van der Waals surface area contributed by atoms with Gasteiger partial charge in [0.05, 0.1) is 23.0 Å². The number of benzene rings is 1. The molecule has 0 unspecified atom stereocenters. The van der Waals surface area contributed by atoms with Crippen LogP contribution >= 0.6 is 0 Å². The molecule has 4 rings (SSSR count). The van der Waals surface area contributed by atoms with E-state index in [1.165, 1.54) is 4.31 Å². The van der Waals surface area contributed by atoms with Crippen LogP contribution in [0.5, 0.6) is 0 Å². The number of nitrogens with zero attached hydrogens (tertiary/aromatic N) is 6. The number of aryl methyl sites for hydroxylation is 1. The number of piperazine rings is 1. The van der Waals surface area contributed by atoms with E-state index in [9.17, 15) is 8.42 Å². The van der Waals surface area contributed by atoms with Crippen LogP contribution in [0.2, 0.25) is 0 Å². The Bertz CT molecular complexity index is 1120. The van der Waals surface area contributed by atoms with Crippen molar-refractivity contribution in [3.63, 3.8) is 0 Å². The Labute approximate surface area is 163 Å². The largest absolute Gasteiger partial charge is 0.382 e. The molecule has 1 fully saturated rings. The van der Waals surface area contributed by atoms with E-state index in [4.69, 9.17) is 10.7 Å². The van der Waals surface area contributed by atoms with Crippen molar-refractivity contribution in [3.8, 4) is 11.5 Å². The van der Waals surface area contributed by atoms with E-state index >= 15 is 0 Å². The van der Waals surface area contributed by atoms with Crippen molar-refractivity contribution in [2.45, 2.75) is 6.92 Å². The highest BCUT2D eigenvalue weighted by Gasteiger charge is 2.27. The van der Waals surface area contributed by atoms with E-state index in [-0.39, 0.29) is 5.75 Å². The standard InChI is InChI=1S/C18H23N7O2S/c1-3-28(26,27)25-10-8-24(9-11-25)15-12-20-17(19)16(22-15)18-21-13-6-4-5-7-14(13)23(18)2/h4-7,12H,3,8-11H2,1-2H3,(H2,19,20). The molecule has 1 saturated heterocycles. The Morgan fingerprint density at radius 3 is 2.50 bits per heavy atom. The van der Waals surface area contributed by atoms with Crippen molar-refractivity contribution < 1.29 is 8.42 Å². The second-order valence-electron chi connectivity index (χ2n) is 6.73. The summed E-state index contributed by atoms with van der Waals surface area (Å²) in [5.74, 6) is 1.75. The Morgan fingerprint density at radius 1 is 1.11 bits per heavy atom. The Kier molecular flexibility index (Phi) is 4.68. The van der Waals surface area contributed by atoms with Crippen LogP contribution in [0.1, 0.15) is 6.92 Å². The van der Waals surface area contributed by atoms with Gasteiger partial charge in [-0.2, -0.15) is 4.31 Å². The maximum absolute atomic E-state index is 12.1. The molecule has 2 N–H and O–H groups in total. The zero-order chi connectivity index (χ0) is 19.9. The summed E-state index contributed by atoms with van der Waals surface area (Å²) in [6, 6.07) is 7.84. The third-order valence-corrected chi connectivity index (χ3v) is 6.99. The first-order valence-electron chi connectivity index (χ1n) is 9.18. The lowest BCUT2D eigenvalue weighted by Gasteiger charge is -2.34. The number of aromatic nitrogens is 4. The Hall–Kier alpha value is -2.72. The first-order chi connectivity index (χ1) is 13.4. The molecule has 0 aliphatic carbocycles.